The topological polar surface area (TPSA) is 82.3 Å². The van der Waals surface area contributed by atoms with Crippen LogP contribution in [0.4, 0.5) is 14.5 Å². The number of nitro groups is 1. The van der Waals surface area contributed by atoms with E-state index in [4.69, 9.17) is 0 Å². The fraction of sp³-hybridized carbons (Fsp3) is 0.400. The molecule has 1 heterocycles. The quantitative estimate of drug-likeness (QED) is 0.471. The SMILES string of the molecule is CCOC(=O)c1c(C(F)F)ncc([N+](=O)[O-])c1C. The number of hydrogen-bond acceptors (Lipinski definition) is 5. The van der Waals surface area contributed by atoms with Crippen LogP contribution < -0.4 is 0 Å². The molecule has 0 fully saturated rings. The zero-order chi connectivity index (χ0) is 13.9. The van der Waals surface area contributed by atoms with Crippen molar-refractivity contribution in [3.63, 3.8) is 0 Å². The van der Waals surface area contributed by atoms with Gasteiger partial charge in [-0.25, -0.2) is 18.6 Å². The van der Waals surface area contributed by atoms with E-state index in [1.54, 1.807) is 0 Å². The Morgan fingerprint density at radius 1 is 1.61 bits per heavy atom. The van der Waals surface area contributed by atoms with E-state index >= 15 is 0 Å². The fourth-order valence-electron chi connectivity index (χ4n) is 1.42. The van der Waals surface area contributed by atoms with Crippen molar-refractivity contribution in [1.82, 2.24) is 4.98 Å². The molecule has 98 valence electrons. The Labute approximate surface area is 101 Å². The number of rotatable bonds is 4. The van der Waals surface area contributed by atoms with Crippen LogP contribution in [0.3, 0.4) is 0 Å². The van der Waals surface area contributed by atoms with E-state index in [1.807, 2.05) is 0 Å². The van der Waals surface area contributed by atoms with Crippen molar-refractivity contribution in [2.24, 2.45) is 0 Å². The number of pyridine rings is 1. The smallest absolute Gasteiger partial charge is 0.340 e. The Balaban J connectivity index is 3.45. The van der Waals surface area contributed by atoms with Crippen LogP contribution in [0.5, 0.6) is 0 Å². The molecule has 0 aliphatic carbocycles. The molecule has 0 radical (unpaired) electrons. The molecule has 8 heteroatoms. The van der Waals surface area contributed by atoms with E-state index in [0.29, 0.717) is 6.20 Å². The monoisotopic (exact) mass is 260 g/mol. The molecule has 0 saturated heterocycles. The van der Waals surface area contributed by atoms with E-state index in [1.165, 1.54) is 13.8 Å². The second-order valence-corrected chi connectivity index (χ2v) is 3.31. The number of carbonyl (C=O) groups excluding carboxylic acids is 1. The zero-order valence-electron chi connectivity index (χ0n) is 9.65. The molecule has 6 nitrogen and oxygen atoms in total. The Morgan fingerprint density at radius 3 is 2.67 bits per heavy atom. The molecule has 0 aliphatic rings. The predicted molar refractivity (Wildman–Crippen MR) is 56.5 cm³/mol. The average molecular weight is 260 g/mol. The van der Waals surface area contributed by atoms with Crippen molar-refractivity contribution >= 4 is 11.7 Å². The molecule has 0 bridgehead atoms. The number of aromatic nitrogens is 1. The van der Waals surface area contributed by atoms with Crippen LogP contribution in [0.15, 0.2) is 6.20 Å². The third-order valence-corrected chi connectivity index (χ3v) is 2.22. The lowest BCUT2D eigenvalue weighted by atomic mass is 10.1. The first-order valence-electron chi connectivity index (χ1n) is 4.99. The Morgan fingerprint density at radius 2 is 2.22 bits per heavy atom. The van der Waals surface area contributed by atoms with Crippen LogP contribution in [0.1, 0.15) is 35.0 Å². The summed E-state index contributed by atoms with van der Waals surface area (Å²) < 4.78 is 30.0. The van der Waals surface area contributed by atoms with Gasteiger partial charge in [-0.05, 0) is 13.8 Å². The lowest BCUT2D eigenvalue weighted by Crippen LogP contribution is -2.13. The number of halogens is 2. The van der Waals surface area contributed by atoms with Gasteiger partial charge in [-0.2, -0.15) is 0 Å². The summed E-state index contributed by atoms with van der Waals surface area (Å²) in [7, 11) is 0. The van der Waals surface area contributed by atoms with Crippen LogP contribution in [0.2, 0.25) is 0 Å². The van der Waals surface area contributed by atoms with Gasteiger partial charge < -0.3 is 4.74 Å². The highest BCUT2D eigenvalue weighted by Gasteiger charge is 2.28. The van der Waals surface area contributed by atoms with Crippen LogP contribution in [-0.2, 0) is 4.74 Å². The lowest BCUT2D eigenvalue weighted by molar-refractivity contribution is -0.385. The van der Waals surface area contributed by atoms with Gasteiger partial charge in [-0.3, -0.25) is 10.1 Å². The first kappa shape index (κ1) is 13.9. The molecule has 0 amide bonds. The summed E-state index contributed by atoms with van der Waals surface area (Å²) in [5, 5.41) is 10.7. The molecule has 0 aromatic carbocycles. The van der Waals surface area contributed by atoms with Crippen molar-refractivity contribution < 1.29 is 23.2 Å². The first-order valence-corrected chi connectivity index (χ1v) is 4.99. The zero-order valence-corrected chi connectivity index (χ0v) is 9.65. The standard InChI is InChI=1S/C10H10F2N2O4/c1-3-18-10(15)7-5(2)6(14(16)17)4-13-8(7)9(11)12/h4,9H,3H2,1-2H3. The second-order valence-electron chi connectivity index (χ2n) is 3.31. The van der Waals surface area contributed by atoms with E-state index in [2.05, 4.69) is 9.72 Å². The summed E-state index contributed by atoms with van der Waals surface area (Å²) in [5.41, 5.74) is -2.02. The van der Waals surface area contributed by atoms with Gasteiger partial charge in [0, 0.05) is 5.56 Å². The number of carbonyl (C=O) groups is 1. The minimum Gasteiger partial charge on any atom is -0.462 e. The van der Waals surface area contributed by atoms with Crippen molar-refractivity contribution in [2.75, 3.05) is 6.61 Å². The Kier molecular flexibility index (Phi) is 4.24. The summed E-state index contributed by atoms with van der Waals surface area (Å²) in [6.45, 7) is 2.68. The van der Waals surface area contributed by atoms with Gasteiger partial charge in [0.25, 0.3) is 12.1 Å². The average Bonchev–Trinajstić information content (AvgIpc) is 2.27. The molecule has 1 rings (SSSR count). The third kappa shape index (κ3) is 2.58. The van der Waals surface area contributed by atoms with E-state index < -0.39 is 34.3 Å². The van der Waals surface area contributed by atoms with Gasteiger partial charge >= 0.3 is 5.97 Å². The number of esters is 1. The largest absolute Gasteiger partial charge is 0.462 e. The minimum absolute atomic E-state index is 0.0242. The normalized spacial score (nSPS) is 10.5. The molecule has 0 spiro atoms. The summed E-state index contributed by atoms with van der Waals surface area (Å²) in [6, 6.07) is 0. The maximum Gasteiger partial charge on any atom is 0.340 e. The van der Waals surface area contributed by atoms with E-state index in [9.17, 15) is 23.7 Å². The number of hydrogen-bond donors (Lipinski definition) is 0. The highest BCUT2D eigenvalue weighted by atomic mass is 19.3. The molecule has 1 aromatic heterocycles. The van der Waals surface area contributed by atoms with Crippen molar-refractivity contribution in [3.8, 4) is 0 Å². The molecule has 0 N–H and O–H groups in total. The summed E-state index contributed by atoms with van der Waals surface area (Å²) in [4.78, 5) is 24.7. The van der Waals surface area contributed by atoms with Crippen LogP contribution in [-0.4, -0.2) is 22.5 Å². The number of alkyl halides is 2. The first-order chi connectivity index (χ1) is 8.40. The van der Waals surface area contributed by atoms with Crippen molar-refractivity contribution in [2.45, 2.75) is 20.3 Å². The lowest BCUT2D eigenvalue weighted by Gasteiger charge is -2.10. The number of nitrogens with zero attached hydrogens (tertiary/aromatic N) is 2. The second kappa shape index (κ2) is 5.48. The van der Waals surface area contributed by atoms with Crippen molar-refractivity contribution in [3.05, 3.63) is 33.1 Å². The predicted octanol–water partition coefficient (Wildman–Crippen LogP) is 2.41. The summed E-state index contributed by atoms with van der Waals surface area (Å²) in [5.74, 6) is -1.04. The molecule has 1 aromatic rings. The number of ether oxygens (including phenoxy) is 1. The van der Waals surface area contributed by atoms with Gasteiger partial charge in [-0.15, -0.1) is 0 Å². The van der Waals surface area contributed by atoms with Gasteiger partial charge in [0.2, 0.25) is 0 Å². The molecule has 0 atom stereocenters. The molecule has 0 aliphatic heterocycles. The van der Waals surface area contributed by atoms with Gasteiger partial charge in [0.05, 0.1) is 17.1 Å². The van der Waals surface area contributed by atoms with Gasteiger partial charge in [0.1, 0.15) is 11.9 Å². The highest BCUT2D eigenvalue weighted by molar-refractivity contribution is 5.93. The summed E-state index contributed by atoms with van der Waals surface area (Å²) in [6.07, 6.45) is -2.30. The van der Waals surface area contributed by atoms with Crippen LogP contribution in [0.25, 0.3) is 0 Å². The molecular formula is C10H10F2N2O4. The van der Waals surface area contributed by atoms with Crippen molar-refractivity contribution in [1.29, 1.82) is 0 Å². The molecule has 0 saturated carbocycles. The van der Waals surface area contributed by atoms with Gasteiger partial charge in [-0.1, -0.05) is 0 Å². The fourth-order valence-corrected chi connectivity index (χ4v) is 1.42. The van der Waals surface area contributed by atoms with E-state index in [-0.39, 0.29) is 12.2 Å². The van der Waals surface area contributed by atoms with Crippen LogP contribution in [0, 0.1) is 17.0 Å². The maximum atomic E-state index is 12.7. The highest BCUT2D eigenvalue weighted by Crippen LogP contribution is 2.29. The third-order valence-electron chi connectivity index (χ3n) is 2.22. The Hall–Kier alpha value is -2.12. The van der Waals surface area contributed by atoms with Gasteiger partial charge in [0.15, 0.2) is 0 Å². The molecular weight excluding hydrogens is 250 g/mol. The summed E-state index contributed by atoms with van der Waals surface area (Å²) >= 11 is 0. The van der Waals surface area contributed by atoms with Crippen LogP contribution >= 0.6 is 0 Å². The maximum absolute atomic E-state index is 12.7. The van der Waals surface area contributed by atoms with E-state index in [0.717, 1.165) is 0 Å². The molecule has 18 heavy (non-hydrogen) atoms. The Bertz CT molecular complexity index is 491. The minimum atomic E-state index is -3.01. The molecule has 0 unspecified atom stereocenters.